The van der Waals surface area contributed by atoms with Gasteiger partial charge in [0.1, 0.15) is 0 Å². The van der Waals surface area contributed by atoms with Crippen molar-refractivity contribution in [2.75, 3.05) is 13.6 Å². The Morgan fingerprint density at radius 2 is 2.13 bits per heavy atom. The van der Waals surface area contributed by atoms with Gasteiger partial charge in [0.15, 0.2) is 0 Å². The Hall–Kier alpha value is -0.570. The minimum atomic E-state index is 0.131. The molecule has 0 bridgehead atoms. The lowest BCUT2D eigenvalue weighted by atomic mass is 10.0. The van der Waals surface area contributed by atoms with Crippen molar-refractivity contribution in [3.63, 3.8) is 0 Å². The molecule has 0 saturated heterocycles. The molecule has 1 amide bonds. The summed E-state index contributed by atoms with van der Waals surface area (Å²) in [6, 6.07) is 0.307. The van der Waals surface area contributed by atoms with E-state index in [-0.39, 0.29) is 5.91 Å². The van der Waals surface area contributed by atoms with E-state index in [9.17, 15) is 4.79 Å². The molecule has 3 heteroatoms. The number of carbonyl (C=O) groups is 1. The first-order chi connectivity index (χ1) is 7.16. The quantitative estimate of drug-likeness (QED) is 0.693. The van der Waals surface area contributed by atoms with E-state index in [0.717, 1.165) is 12.5 Å². The van der Waals surface area contributed by atoms with Gasteiger partial charge in [-0.05, 0) is 43.9 Å². The lowest BCUT2D eigenvalue weighted by molar-refractivity contribution is -0.121. The van der Waals surface area contributed by atoms with Gasteiger partial charge >= 0.3 is 0 Å². The molecule has 0 aromatic rings. The molecule has 2 N–H and O–H groups in total. The van der Waals surface area contributed by atoms with Crippen LogP contribution < -0.4 is 10.6 Å². The van der Waals surface area contributed by atoms with Crippen molar-refractivity contribution < 1.29 is 4.79 Å². The smallest absolute Gasteiger partial charge is 0.221 e. The van der Waals surface area contributed by atoms with Crippen LogP contribution in [0.15, 0.2) is 0 Å². The molecule has 0 aromatic heterocycles. The van der Waals surface area contributed by atoms with Crippen LogP contribution in [0.3, 0.4) is 0 Å². The maximum absolute atomic E-state index is 11.2. The Morgan fingerprint density at radius 3 is 2.60 bits per heavy atom. The molecule has 86 valence electrons. The topological polar surface area (TPSA) is 41.1 Å². The van der Waals surface area contributed by atoms with E-state index in [4.69, 9.17) is 0 Å². The van der Waals surface area contributed by atoms with E-state index in [1.807, 2.05) is 0 Å². The number of rotatable bonds is 6. The molecular weight excluding hydrogens is 188 g/mol. The number of nitrogens with one attached hydrogen (secondary N) is 2. The minimum absolute atomic E-state index is 0.131. The van der Waals surface area contributed by atoms with Crippen LogP contribution in [0.25, 0.3) is 0 Å². The lowest BCUT2D eigenvalue weighted by Gasteiger charge is -2.19. The maximum Gasteiger partial charge on any atom is 0.221 e. The fraction of sp³-hybridized carbons (Fsp3) is 0.917. The third-order valence-corrected chi connectivity index (χ3v) is 3.91. The zero-order valence-corrected chi connectivity index (χ0v) is 9.81. The molecule has 2 rings (SSSR count). The SMILES string of the molecule is CNC(=O)CC(C)NCC1(C2CC2)CC1. The van der Waals surface area contributed by atoms with Gasteiger partial charge in [0.2, 0.25) is 5.91 Å². The normalized spacial score (nSPS) is 24.7. The predicted molar refractivity (Wildman–Crippen MR) is 60.5 cm³/mol. The highest BCUT2D eigenvalue weighted by Crippen LogP contribution is 2.60. The van der Waals surface area contributed by atoms with Crippen LogP contribution in [-0.4, -0.2) is 25.5 Å². The third kappa shape index (κ3) is 2.71. The predicted octanol–water partition coefficient (Wildman–Crippen LogP) is 1.29. The average Bonchev–Trinajstić information content (AvgIpc) is 3.04. The van der Waals surface area contributed by atoms with Crippen LogP contribution in [0.1, 0.15) is 39.0 Å². The third-order valence-electron chi connectivity index (χ3n) is 3.91. The standard InChI is InChI=1S/C12H22N2O/c1-9(7-11(15)13-2)14-8-12(5-6-12)10-3-4-10/h9-10,14H,3-8H2,1-2H3,(H,13,15). The van der Waals surface area contributed by atoms with Crippen molar-refractivity contribution in [3.8, 4) is 0 Å². The van der Waals surface area contributed by atoms with Gasteiger partial charge in [-0.3, -0.25) is 4.79 Å². The second kappa shape index (κ2) is 4.12. The zero-order chi connectivity index (χ0) is 10.9. The molecule has 0 spiro atoms. The maximum atomic E-state index is 11.2. The van der Waals surface area contributed by atoms with Crippen LogP contribution in [-0.2, 0) is 4.79 Å². The van der Waals surface area contributed by atoms with Gasteiger partial charge in [-0.1, -0.05) is 0 Å². The van der Waals surface area contributed by atoms with Crippen molar-refractivity contribution in [3.05, 3.63) is 0 Å². The fourth-order valence-electron chi connectivity index (χ4n) is 2.42. The first-order valence-electron chi connectivity index (χ1n) is 6.10. The molecule has 3 nitrogen and oxygen atoms in total. The lowest BCUT2D eigenvalue weighted by Crippen LogP contribution is -2.36. The summed E-state index contributed by atoms with van der Waals surface area (Å²) in [4.78, 5) is 11.2. The Bertz CT molecular complexity index is 244. The summed E-state index contributed by atoms with van der Waals surface area (Å²) < 4.78 is 0. The van der Waals surface area contributed by atoms with Crippen LogP contribution in [0, 0.1) is 11.3 Å². The van der Waals surface area contributed by atoms with Gasteiger partial charge < -0.3 is 10.6 Å². The molecule has 1 unspecified atom stereocenters. The summed E-state index contributed by atoms with van der Waals surface area (Å²) in [7, 11) is 1.70. The van der Waals surface area contributed by atoms with Crippen LogP contribution in [0.2, 0.25) is 0 Å². The zero-order valence-electron chi connectivity index (χ0n) is 9.81. The second-order valence-corrected chi connectivity index (χ2v) is 5.30. The molecule has 2 saturated carbocycles. The van der Waals surface area contributed by atoms with Crippen LogP contribution >= 0.6 is 0 Å². The molecule has 2 aliphatic rings. The number of carbonyl (C=O) groups excluding carboxylic acids is 1. The summed E-state index contributed by atoms with van der Waals surface area (Å²) >= 11 is 0. The molecule has 2 fully saturated rings. The van der Waals surface area contributed by atoms with Crippen molar-refractivity contribution in [1.29, 1.82) is 0 Å². The highest BCUT2D eigenvalue weighted by molar-refractivity contribution is 5.76. The summed E-state index contributed by atoms with van der Waals surface area (Å²) in [5.74, 6) is 1.13. The van der Waals surface area contributed by atoms with Gasteiger partial charge in [-0.2, -0.15) is 0 Å². The summed E-state index contributed by atoms with van der Waals surface area (Å²) in [6.07, 6.45) is 6.27. The first-order valence-corrected chi connectivity index (χ1v) is 6.10. The van der Waals surface area contributed by atoms with Crippen molar-refractivity contribution in [2.24, 2.45) is 11.3 Å². The average molecular weight is 210 g/mol. The van der Waals surface area contributed by atoms with Crippen molar-refractivity contribution >= 4 is 5.91 Å². The molecule has 1 atom stereocenters. The van der Waals surface area contributed by atoms with Crippen molar-refractivity contribution in [2.45, 2.75) is 45.1 Å². The molecule has 0 aliphatic heterocycles. The van der Waals surface area contributed by atoms with Gasteiger partial charge in [0.05, 0.1) is 0 Å². The fourth-order valence-corrected chi connectivity index (χ4v) is 2.42. The Kier molecular flexibility index (Phi) is 3.01. The highest BCUT2D eigenvalue weighted by Gasteiger charge is 2.53. The van der Waals surface area contributed by atoms with Gasteiger partial charge in [-0.15, -0.1) is 0 Å². The Labute approximate surface area is 92.0 Å². The monoisotopic (exact) mass is 210 g/mol. The largest absolute Gasteiger partial charge is 0.359 e. The Balaban J connectivity index is 1.66. The van der Waals surface area contributed by atoms with E-state index in [1.54, 1.807) is 7.05 Å². The molecular formula is C12H22N2O. The number of hydrogen-bond acceptors (Lipinski definition) is 2. The molecule has 0 heterocycles. The molecule has 0 radical (unpaired) electrons. The van der Waals surface area contributed by atoms with E-state index < -0.39 is 0 Å². The van der Waals surface area contributed by atoms with Gasteiger partial charge in [0.25, 0.3) is 0 Å². The van der Waals surface area contributed by atoms with E-state index in [2.05, 4.69) is 17.6 Å². The first kappa shape index (κ1) is 10.9. The van der Waals surface area contributed by atoms with E-state index in [0.29, 0.717) is 17.9 Å². The number of hydrogen-bond donors (Lipinski definition) is 2. The highest BCUT2D eigenvalue weighted by atomic mass is 16.1. The molecule has 15 heavy (non-hydrogen) atoms. The van der Waals surface area contributed by atoms with Gasteiger partial charge in [-0.25, -0.2) is 0 Å². The van der Waals surface area contributed by atoms with Crippen LogP contribution in [0.4, 0.5) is 0 Å². The van der Waals surface area contributed by atoms with Crippen molar-refractivity contribution in [1.82, 2.24) is 10.6 Å². The summed E-state index contributed by atoms with van der Waals surface area (Å²) in [5.41, 5.74) is 0.636. The molecule has 0 aromatic carbocycles. The van der Waals surface area contributed by atoms with Crippen LogP contribution in [0.5, 0.6) is 0 Å². The summed E-state index contributed by atoms with van der Waals surface area (Å²) in [5, 5.41) is 6.18. The van der Waals surface area contributed by atoms with E-state index in [1.165, 1.54) is 25.7 Å². The van der Waals surface area contributed by atoms with Gasteiger partial charge in [0, 0.05) is 26.1 Å². The van der Waals surface area contributed by atoms with E-state index >= 15 is 0 Å². The Morgan fingerprint density at radius 1 is 1.47 bits per heavy atom. The summed E-state index contributed by atoms with van der Waals surface area (Å²) in [6.45, 7) is 3.22. The molecule has 2 aliphatic carbocycles. The second-order valence-electron chi connectivity index (χ2n) is 5.30. The minimum Gasteiger partial charge on any atom is -0.359 e. The number of amides is 1.